The Labute approximate surface area is 181 Å². The Balaban J connectivity index is 3.89. The third-order valence-corrected chi connectivity index (χ3v) is 5.58. The molecule has 0 bridgehead atoms. The van der Waals surface area contributed by atoms with Crippen LogP contribution in [0, 0.1) is 5.41 Å². The van der Waals surface area contributed by atoms with Crippen molar-refractivity contribution in [2.45, 2.75) is 103 Å². The van der Waals surface area contributed by atoms with Gasteiger partial charge in [-0.05, 0) is 26.7 Å². The molecule has 1 N–H and O–H groups in total. The summed E-state index contributed by atoms with van der Waals surface area (Å²) in [6.07, 6.45) is 10.3. The molecule has 0 fully saturated rings. The van der Waals surface area contributed by atoms with Crippen molar-refractivity contribution >= 4 is 17.9 Å². The first-order valence-corrected chi connectivity index (χ1v) is 11.0. The Bertz CT molecular complexity index is 496. The summed E-state index contributed by atoms with van der Waals surface area (Å²) in [4.78, 5) is 34.7. The Morgan fingerprint density at radius 3 is 1.37 bits per heavy atom. The number of hydrogen-bond donors (Lipinski definition) is 1. The van der Waals surface area contributed by atoms with Gasteiger partial charge in [0.15, 0.2) is 0 Å². The molecule has 0 unspecified atom stereocenters. The van der Waals surface area contributed by atoms with Crippen molar-refractivity contribution in [2.75, 3.05) is 21.3 Å². The summed E-state index contributed by atoms with van der Waals surface area (Å²) in [5.41, 5.74) is -1.81. The molecule has 0 aliphatic rings. The highest BCUT2D eigenvalue weighted by Gasteiger charge is 2.33. The quantitative estimate of drug-likeness (QED) is 0.208. The minimum atomic E-state index is -1.40. The van der Waals surface area contributed by atoms with Crippen LogP contribution in [-0.2, 0) is 28.6 Å². The van der Waals surface area contributed by atoms with Crippen LogP contribution in [0.1, 0.15) is 97.3 Å². The first-order valence-electron chi connectivity index (χ1n) is 11.0. The fraction of sp³-hybridized carbons (Fsp3) is 0.870. The van der Waals surface area contributed by atoms with Crippen LogP contribution in [0.5, 0.6) is 0 Å². The summed E-state index contributed by atoms with van der Waals surface area (Å²) in [6, 6.07) is 0. The molecule has 0 aromatic heterocycles. The van der Waals surface area contributed by atoms with Gasteiger partial charge in [0, 0.05) is 0 Å². The van der Waals surface area contributed by atoms with E-state index in [9.17, 15) is 19.5 Å². The highest BCUT2D eigenvalue weighted by atomic mass is 16.5. The molecule has 0 aromatic rings. The van der Waals surface area contributed by atoms with E-state index in [2.05, 4.69) is 9.47 Å². The van der Waals surface area contributed by atoms with Crippen LogP contribution >= 0.6 is 0 Å². The Morgan fingerprint density at radius 2 is 1.00 bits per heavy atom. The van der Waals surface area contributed by atoms with E-state index < -0.39 is 23.0 Å². The van der Waals surface area contributed by atoms with Crippen molar-refractivity contribution < 1.29 is 33.7 Å². The molecule has 0 amide bonds. The Hall–Kier alpha value is -1.63. The van der Waals surface area contributed by atoms with Crippen LogP contribution in [0.2, 0.25) is 0 Å². The van der Waals surface area contributed by atoms with Gasteiger partial charge in [0.2, 0.25) is 0 Å². The summed E-state index contributed by atoms with van der Waals surface area (Å²) in [6.45, 7) is 3.85. The number of esters is 3. The highest BCUT2D eigenvalue weighted by Crippen LogP contribution is 2.26. The fourth-order valence-electron chi connectivity index (χ4n) is 3.56. The molecule has 7 nitrogen and oxygen atoms in total. The van der Waals surface area contributed by atoms with E-state index in [1.807, 2.05) is 13.8 Å². The molecule has 0 radical (unpaired) electrons. The van der Waals surface area contributed by atoms with E-state index in [0.29, 0.717) is 6.42 Å². The van der Waals surface area contributed by atoms with Crippen LogP contribution in [0.4, 0.5) is 0 Å². The zero-order valence-electron chi connectivity index (χ0n) is 19.6. The van der Waals surface area contributed by atoms with Crippen LogP contribution in [-0.4, -0.2) is 49.9 Å². The van der Waals surface area contributed by atoms with Gasteiger partial charge in [-0.15, -0.1) is 0 Å². The molecule has 0 aliphatic carbocycles. The normalized spacial score (nSPS) is 11.8. The molecule has 0 aliphatic heterocycles. The second-order valence-electron chi connectivity index (χ2n) is 8.79. The van der Waals surface area contributed by atoms with Crippen molar-refractivity contribution in [2.24, 2.45) is 5.41 Å². The maximum atomic E-state index is 11.6. The van der Waals surface area contributed by atoms with Gasteiger partial charge < -0.3 is 19.3 Å². The number of carbonyl (C=O) groups excluding carboxylic acids is 3. The predicted molar refractivity (Wildman–Crippen MR) is 115 cm³/mol. The summed E-state index contributed by atoms with van der Waals surface area (Å²) in [7, 11) is 3.96. The van der Waals surface area contributed by atoms with Gasteiger partial charge in [-0.2, -0.15) is 0 Å². The number of hydrogen-bond acceptors (Lipinski definition) is 7. The van der Waals surface area contributed by atoms with Gasteiger partial charge in [-0.25, -0.2) is 0 Å². The average molecular weight is 431 g/mol. The van der Waals surface area contributed by atoms with E-state index in [0.717, 1.165) is 57.8 Å². The van der Waals surface area contributed by atoms with Gasteiger partial charge in [0.1, 0.15) is 0 Å². The first-order chi connectivity index (χ1) is 14.1. The Morgan fingerprint density at radius 1 is 0.633 bits per heavy atom. The van der Waals surface area contributed by atoms with Gasteiger partial charge in [-0.3, -0.25) is 14.4 Å². The fourth-order valence-corrected chi connectivity index (χ4v) is 3.56. The Kier molecular flexibility index (Phi) is 14.4. The molecule has 30 heavy (non-hydrogen) atoms. The molecular formula is C23H42O7. The molecule has 7 heteroatoms. The lowest BCUT2D eigenvalue weighted by molar-refractivity contribution is -0.153. The van der Waals surface area contributed by atoms with Gasteiger partial charge >= 0.3 is 17.9 Å². The van der Waals surface area contributed by atoms with E-state index in [4.69, 9.17) is 4.74 Å². The van der Waals surface area contributed by atoms with Gasteiger partial charge in [0.25, 0.3) is 0 Å². The van der Waals surface area contributed by atoms with Crippen molar-refractivity contribution in [3.63, 3.8) is 0 Å². The summed E-state index contributed by atoms with van der Waals surface area (Å²) in [5.74, 6) is -1.21. The van der Waals surface area contributed by atoms with Crippen molar-refractivity contribution in [1.29, 1.82) is 0 Å². The van der Waals surface area contributed by atoms with Crippen LogP contribution in [0.25, 0.3) is 0 Å². The topological polar surface area (TPSA) is 99.1 Å². The number of aliphatic hydroxyl groups is 1. The largest absolute Gasteiger partial charge is 0.469 e. The molecule has 0 heterocycles. The highest BCUT2D eigenvalue weighted by molar-refractivity contribution is 5.75. The standard InChI is InChI=1S/C23H42O7/c1-22(2,21(26)30-5)15-13-11-9-7-6-8-10-12-14-16-23(27,17-19(24)28-3)18-20(25)29-4/h27H,6-18H2,1-5H3. The number of ether oxygens (including phenoxy) is 3. The SMILES string of the molecule is COC(=O)CC(O)(CCCCCCCCCCCC(C)(C)C(=O)OC)CC(=O)OC. The molecule has 0 atom stereocenters. The van der Waals surface area contributed by atoms with E-state index >= 15 is 0 Å². The van der Waals surface area contributed by atoms with Crippen LogP contribution < -0.4 is 0 Å². The minimum absolute atomic E-state index is 0.146. The van der Waals surface area contributed by atoms with Gasteiger partial charge in [-0.1, -0.05) is 57.8 Å². The number of methoxy groups -OCH3 is 3. The molecule has 0 rings (SSSR count). The number of rotatable bonds is 17. The molecule has 0 saturated carbocycles. The van der Waals surface area contributed by atoms with E-state index in [-0.39, 0.29) is 18.8 Å². The molecule has 0 saturated heterocycles. The van der Waals surface area contributed by atoms with E-state index in [1.54, 1.807) is 0 Å². The van der Waals surface area contributed by atoms with Crippen LogP contribution in [0.3, 0.4) is 0 Å². The summed E-state index contributed by atoms with van der Waals surface area (Å²) in [5, 5.41) is 10.6. The van der Waals surface area contributed by atoms with Crippen molar-refractivity contribution in [3.8, 4) is 0 Å². The maximum absolute atomic E-state index is 11.6. The summed E-state index contributed by atoms with van der Waals surface area (Å²) < 4.78 is 14.1. The predicted octanol–water partition coefficient (Wildman–Crippen LogP) is 4.33. The average Bonchev–Trinajstić information content (AvgIpc) is 2.70. The minimum Gasteiger partial charge on any atom is -0.469 e. The molecular weight excluding hydrogens is 388 g/mol. The lowest BCUT2D eigenvalue weighted by Gasteiger charge is -2.25. The number of unbranched alkanes of at least 4 members (excludes halogenated alkanes) is 8. The third kappa shape index (κ3) is 12.8. The van der Waals surface area contributed by atoms with Crippen molar-refractivity contribution in [3.05, 3.63) is 0 Å². The van der Waals surface area contributed by atoms with Crippen molar-refractivity contribution in [1.82, 2.24) is 0 Å². The third-order valence-electron chi connectivity index (χ3n) is 5.58. The zero-order valence-corrected chi connectivity index (χ0v) is 19.6. The zero-order chi connectivity index (χ0) is 23.0. The molecule has 176 valence electrons. The lowest BCUT2D eigenvalue weighted by Crippen LogP contribution is -2.35. The number of carbonyl (C=O) groups is 3. The maximum Gasteiger partial charge on any atom is 0.311 e. The van der Waals surface area contributed by atoms with E-state index in [1.165, 1.54) is 27.8 Å². The molecule has 0 aromatic carbocycles. The smallest absolute Gasteiger partial charge is 0.311 e. The van der Waals surface area contributed by atoms with Crippen LogP contribution in [0.15, 0.2) is 0 Å². The molecule has 0 spiro atoms. The second kappa shape index (κ2) is 15.2. The first kappa shape index (κ1) is 28.4. The monoisotopic (exact) mass is 430 g/mol. The lowest BCUT2D eigenvalue weighted by atomic mass is 9.87. The van der Waals surface area contributed by atoms with Gasteiger partial charge in [0.05, 0.1) is 45.2 Å². The summed E-state index contributed by atoms with van der Waals surface area (Å²) >= 11 is 0. The second-order valence-corrected chi connectivity index (χ2v) is 8.79.